The number of benzene rings is 3. The van der Waals surface area contributed by atoms with Crippen LogP contribution in [0.5, 0.6) is 11.5 Å². The number of halogens is 2. The standard InChI is InChI=1S/C24H19F2NO6S/c1-32-19-12-14(6-9-18(19)33-24(25)26)10-11-27-23(29)15-7-8-17-21(13-15)34(30,31)20-5-3-2-4-16(20)22(17)28/h2-9,12-13,24H,10-11H2,1H3,(H,27,29). The molecule has 3 aromatic rings. The molecule has 1 heterocycles. The van der Waals surface area contributed by atoms with Gasteiger partial charge in [-0.3, -0.25) is 9.59 Å². The number of sulfone groups is 1. The molecule has 1 aliphatic rings. The predicted molar refractivity (Wildman–Crippen MR) is 117 cm³/mol. The average Bonchev–Trinajstić information content (AvgIpc) is 2.83. The maximum absolute atomic E-state index is 13.0. The second-order valence-electron chi connectivity index (χ2n) is 7.41. The minimum Gasteiger partial charge on any atom is -0.493 e. The fraction of sp³-hybridized carbons (Fsp3) is 0.167. The molecule has 0 unspecified atom stereocenters. The van der Waals surface area contributed by atoms with Gasteiger partial charge in [0.05, 0.1) is 16.9 Å². The van der Waals surface area contributed by atoms with E-state index in [-0.39, 0.29) is 44.5 Å². The number of methoxy groups -OCH3 is 1. The number of rotatable bonds is 7. The highest BCUT2D eigenvalue weighted by Crippen LogP contribution is 2.35. The summed E-state index contributed by atoms with van der Waals surface area (Å²) in [6.45, 7) is -2.80. The number of hydrogen-bond donors (Lipinski definition) is 1. The largest absolute Gasteiger partial charge is 0.493 e. The summed E-state index contributed by atoms with van der Waals surface area (Å²) in [5, 5.41) is 2.69. The fourth-order valence-electron chi connectivity index (χ4n) is 3.71. The van der Waals surface area contributed by atoms with Crippen LogP contribution in [0.2, 0.25) is 0 Å². The zero-order valence-electron chi connectivity index (χ0n) is 17.9. The van der Waals surface area contributed by atoms with Crippen LogP contribution in [0.3, 0.4) is 0 Å². The zero-order chi connectivity index (χ0) is 24.5. The summed E-state index contributed by atoms with van der Waals surface area (Å²) in [6, 6.07) is 14.3. The van der Waals surface area contributed by atoms with Crippen LogP contribution in [0.1, 0.15) is 31.8 Å². The first kappa shape index (κ1) is 23.4. The lowest BCUT2D eigenvalue weighted by atomic mass is 10.0. The second-order valence-corrected chi connectivity index (χ2v) is 9.30. The molecule has 0 saturated carbocycles. The van der Waals surface area contributed by atoms with Gasteiger partial charge in [-0.25, -0.2) is 8.42 Å². The van der Waals surface area contributed by atoms with Crippen molar-refractivity contribution in [2.75, 3.05) is 13.7 Å². The molecule has 0 aliphatic carbocycles. The van der Waals surface area contributed by atoms with Crippen LogP contribution >= 0.6 is 0 Å². The third-order valence-corrected chi connectivity index (χ3v) is 7.19. The molecule has 0 fully saturated rings. The summed E-state index contributed by atoms with van der Waals surface area (Å²) < 4.78 is 60.4. The number of fused-ring (bicyclic) bond motifs is 2. The van der Waals surface area contributed by atoms with Gasteiger partial charge in [0.25, 0.3) is 5.91 Å². The number of carbonyl (C=O) groups is 2. The first-order valence-electron chi connectivity index (χ1n) is 10.1. The van der Waals surface area contributed by atoms with Crippen LogP contribution in [0.25, 0.3) is 0 Å². The van der Waals surface area contributed by atoms with E-state index in [2.05, 4.69) is 10.1 Å². The number of alkyl halides is 2. The van der Waals surface area contributed by atoms with Crippen molar-refractivity contribution in [2.45, 2.75) is 22.8 Å². The summed E-state index contributed by atoms with van der Waals surface area (Å²) in [7, 11) is -2.63. The Bertz CT molecular complexity index is 1390. The second kappa shape index (κ2) is 9.22. The van der Waals surface area contributed by atoms with Gasteiger partial charge in [0.2, 0.25) is 9.84 Å². The molecule has 0 aromatic heterocycles. The molecular formula is C24H19F2NO6S. The Morgan fingerprint density at radius 1 is 0.971 bits per heavy atom. The molecule has 176 valence electrons. The van der Waals surface area contributed by atoms with Crippen LogP contribution in [0.15, 0.2) is 70.5 Å². The van der Waals surface area contributed by atoms with Crippen LogP contribution in [-0.4, -0.2) is 40.4 Å². The Kier molecular flexibility index (Phi) is 6.34. The van der Waals surface area contributed by atoms with E-state index in [4.69, 9.17) is 4.74 Å². The smallest absolute Gasteiger partial charge is 0.387 e. The van der Waals surface area contributed by atoms with Gasteiger partial charge in [-0.05, 0) is 54.4 Å². The summed E-state index contributed by atoms with van der Waals surface area (Å²) in [6.07, 6.45) is 0.353. The van der Waals surface area contributed by atoms with Crippen molar-refractivity contribution in [1.29, 1.82) is 0 Å². The van der Waals surface area contributed by atoms with Gasteiger partial charge in [0.1, 0.15) is 0 Å². The first-order valence-corrected chi connectivity index (χ1v) is 11.6. The Morgan fingerprint density at radius 3 is 2.44 bits per heavy atom. The minimum atomic E-state index is -3.95. The maximum atomic E-state index is 13.0. The van der Waals surface area contributed by atoms with Gasteiger partial charge < -0.3 is 14.8 Å². The van der Waals surface area contributed by atoms with Crippen molar-refractivity contribution in [3.05, 3.63) is 82.9 Å². The third-order valence-electron chi connectivity index (χ3n) is 5.34. The molecule has 0 bridgehead atoms. The minimum absolute atomic E-state index is 0.0217. The van der Waals surface area contributed by atoms with E-state index >= 15 is 0 Å². The van der Waals surface area contributed by atoms with Crippen LogP contribution in [-0.2, 0) is 16.3 Å². The van der Waals surface area contributed by atoms with Gasteiger partial charge in [0, 0.05) is 23.2 Å². The van der Waals surface area contributed by atoms with Crippen molar-refractivity contribution < 1.29 is 36.3 Å². The third kappa shape index (κ3) is 4.36. The number of ether oxygens (including phenoxy) is 2. The van der Waals surface area contributed by atoms with Crippen molar-refractivity contribution in [3.8, 4) is 11.5 Å². The molecular weight excluding hydrogens is 468 g/mol. The highest BCUT2D eigenvalue weighted by molar-refractivity contribution is 7.91. The lowest BCUT2D eigenvalue weighted by molar-refractivity contribution is -0.0512. The SMILES string of the molecule is COc1cc(CCNC(=O)c2ccc3c(c2)S(=O)(=O)c2ccccc2C3=O)ccc1OC(F)F. The van der Waals surface area contributed by atoms with E-state index in [9.17, 15) is 26.8 Å². The molecule has 3 aromatic carbocycles. The van der Waals surface area contributed by atoms with Crippen molar-refractivity contribution in [3.63, 3.8) is 0 Å². The zero-order valence-corrected chi connectivity index (χ0v) is 18.7. The lowest BCUT2D eigenvalue weighted by Gasteiger charge is -2.19. The molecule has 34 heavy (non-hydrogen) atoms. The number of amides is 1. The normalized spacial score (nSPS) is 13.7. The molecule has 7 nitrogen and oxygen atoms in total. The van der Waals surface area contributed by atoms with Gasteiger partial charge in [-0.2, -0.15) is 8.78 Å². The van der Waals surface area contributed by atoms with E-state index in [1.165, 1.54) is 55.6 Å². The highest BCUT2D eigenvalue weighted by atomic mass is 32.2. The topological polar surface area (TPSA) is 98.8 Å². The van der Waals surface area contributed by atoms with E-state index in [0.29, 0.717) is 12.0 Å². The summed E-state index contributed by atoms with van der Waals surface area (Å²) in [5.74, 6) is -0.903. The van der Waals surface area contributed by atoms with Crippen molar-refractivity contribution in [1.82, 2.24) is 5.32 Å². The molecule has 4 rings (SSSR count). The Morgan fingerprint density at radius 2 is 1.71 bits per heavy atom. The van der Waals surface area contributed by atoms with Gasteiger partial charge in [-0.15, -0.1) is 0 Å². The Balaban J connectivity index is 1.48. The summed E-state index contributed by atoms with van der Waals surface area (Å²) >= 11 is 0. The van der Waals surface area contributed by atoms with Crippen molar-refractivity contribution in [2.24, 2.45) is 0 Å². The van der Waals surface area contributed by atoms with Gasteiger partial charge in [0.15, 0.2) is 17.3 Å². The number of hydrogen-bond acceptors (Lipinski definition) is 6. The molecule has 0 radical (unpaired) electrons. The molecule has 1 aliphatic heterocycles. The number of ketones is 1. The highest BCUT2D eigenvalue weighted by Gasteiger charge is 2.35. The first-order chi connectivity index (χ1) is 16.2. The van der Waals surface area contributed by atoms with E-state index < -0.39 is 28.1 Å². The maximum Gasteiger partial charge on any atom is 0.387 e. The van der Waals surface area contributed by atoms with Crippen LogP contribution in [0.4, 0.5) is 8.78 Å². The number of nitrogens with one attached hydrogen (secondary N) is 1. The molecule has 0 spiro atoms. The van der Waals surface area contributed by atoms with E-state index in [0.717, 1.165) is 0 Å². The van der Waals surface area contributed by atoms with Gasteiger partial charge in [-0.1, -0.05) is 18.2 Å². The fourth-order valence-corrected chi connectivity index (χ4v) is 5.39. The lowest BCUT2D eigenvalue weighted by Crippen LogP contribution is -2.27. The van der Waals surface area contributed by atoms with E-state index in [1.54, 1.807) is 12.1 Å². The van der Waals surface area contributed by atoms with Gasteiger partial charge >= 0.3 is 6.61 Å². The monoisotopic (exact) mass is 487 g/mol. The number of carbonyl (C=O) groups excluding carboxylic acids is 2. The average molecular weight is 487 g/mol. The molecule has 10 heteroatoms. The summed E-state index contributed by atoms with van der Waals surface area (Å²) in [5.41, 5.74) is 0.919. The van der Waals surface area contributed by atoms with Crippen LogP contribution in [0, 0.1) is 0 Å². The quantitative estimate of drug-likeness (QED) is 0.427. The molecule has 0 saturated heterocycles. The van der Waals surface area contributed by atoms with Crippen LogP contribution < -0.4 is 14.8 Å². The predicted octanol–water partition coefficient (Wildman–Crippen LogP) is 3.65. The molecule has 1 N–H and O–H groups in total. The molecule has 0 atom stereocenters. The Hall–Kier alpha value is -3.79. The Labute approximate surface area is 194 Å². The van der Waals surface area contributed by atoms with Crippen molar-refractivity contribution >= 4 is 21.5 Å². The molecule has 1 amide bonds. The summed E-state index contributed by atoms with van der Waals surface area (Å²) in [4.78, 5) is 25.1. The van der Waals surface area contributed by atoms with E-state index in [1.807, 2.05) is 0 Å².